The summed E-state index contributed by atoms with van der Waals surface area (Å²) in [6, 6.07) is 4.56. The Hall–Kier alpha value is -1.93. The molecule has 2 N–H and O–H groups in total. The van der Waals surface area contributed by atoms with E-state index in [0.29, 0.717) is 6.54 Å². The van der Waals surface area contributed by atoms with Gasteiger partial charge in [0.25, 0.3) is 5.91 Å². The first-order valence-electron chi connectivity index (χ1n) is 7.89. The van der Waals surface area contributed by atoms with Crippen molar-refractivity contribution in [2.75, 3.05) is 6.54 Å². The lowest BCUT2D eigenvalue weighted by Gasteiger charge is -2.32. The van der Waals surface area contributed by atoms with E-state index in [1.165, 1.54) is 35.5 Å². The fraction of sp³-hybridized carbons (Fsp3) is 0.500. The molecule has 0 radical (unpaired) electrons. The first-order chi connectivity index (χ1) is 11.2. The summed E-state index contributed by atoms with van der Waals surface area (Å²) in [7, 11) is -3.68. The van der Waals surface area contributed by atoms with Crippen molar-refractivity contribution >= 4 is 21.9 Å². The number of hydrogen-bond acceptors (Lipinski definition) is 4. The van der Waals surface area contributed by atoms with E-state index in [1.54, 1.807) is 0 Å². The molecule has 1 unspecified atom stereocenters. The van der Waals surface area contributed by atoms with E-state index in [-0.39, 0.29) is 16.5 Å². The summed E-state index contributed by atoms with van der Waals surface area (Å²) in [6.45, 7) is 3.69. The number of benzene rings is 1. The zero-order valence-corrected chi connectivity index (χ0v) is 14.5. The highest BCUT2D eigenvalue weighted by Crippen LogP contribution is 2.25. The van der Waals surface area contributed by atoms with Gasteiger partial charge in [0, 0.05) is 18.2 Å². The number of sulfonamides is 1. The number of aliphatic carboxylic acids is 1. The Morgan fingerprint density at radius 3 is 2.67 bits per heavy atom. The number of nitrogens with zero attached hydrogens (tertiary/aromatic N) is 1. The molecule has 1 aliphatic rings. The lowest BCUT2D eigenvalue weighted by molar-refractivity contribution is -0.138. The Morgan fingerprint density at radius 1 is 1.33 bits per heavy atom. The second kappa shape index (κ2) is 7.31. The van der Waals surface area contributed by atoms with Gasteiger partial charge in [0.05, 0.1) is 4.90 Å². The third-order valence-electron chi connectivity index (χ3n) is 4.16. The number of amides is 1. The van der Waals surface area contributed by atoms with E-state index in [1.807, 2.05) is 6.92 Å². The van der Waals surface area contributed by atoms with Crippen LogP contribution in [0.25, 0.3) is 0 Å². The number of carboxylic acid groups (broad SMARTS) is 1. The van der Waals surface area contributed by atoms with E-state index < -0.39 is 27.9 Å². The topological polar surface area (TPSA) is 104 Å². The van der Waals surface area contributed by atoms with Gasteiger partial charge in [-0.15, -0.1) is 0 Å². The SMILES string of the molecule is CC1CCCCN1S(=O)(=O)c1cccc(C(=O)N[C@H](C)C(=O)O)c1. The lowest BCUT2D eigenvalue weighted by atomic mass is 10.1. The largest absolute Gasteiger partial charge is 0.480 e. The number of carbonyl (C=O) groups is 2. The number of rotatable bonds is 5. The van der Waals surface area contributed by atoms with Crippen molar-refractivity contribution in [3.05, 3.63) is 29.8 Å². The van der Waals surface area contributed by atoms with Crippen LogP contribution in [0.5, 0.6) is 0 Å². The van der Waals surface area contributed by atoms with E-state index in [0.717, 1.165) is 19.3 Å². The summed E-state index contributed by atoms with van der Waals surface area (Å²) in [4.78, 5) is 23.0. The molecular formula is C16H22N2O5S. The van der Waals surface area contributed by atoms with Crippen LogP contribution >= 0.6 is 0 Å². The van der Waals surface area contributed by atoms with E-state index >= 15 is 0 Å². The van der Waals surface area contributed by atoms with Gasteiger partial charge in [0.2, 0.25) is 10.0 Å². The Morgan fingerprint density at radius 2 is 2.04 bits per heavy atom. The van der Waals surface area contributed by atoms with Gasteiger partial charge in [-0.2, -0.15) is 4.31 Å². The van der Waals surface area contributed by atoms with Crippen molar-refractivity contribution in [2.24, 2.45) is 0 Å². The average molecular weight is 354 g/mol. The summed E-state index contributed by atoms with van der Waals surface area (Å²) in [5.74, 6) is -1.78. The fourth-order valence-corrected chi connectivity index (χ4v) is 4.45. The maximum atomic E-state index is 12.8. The molecule has 132 valence electrons. The summed E-state index contributed by atoms with van der Waals surface area (Å²) in [5.41, 5.74) is 0.119. The molecule has 8 heteroatoms. The predicted molar refractivity (Wildman–Crippen MR) is 88.2 cm³/mol. The van der Waals surface area contributed by atoms with Crippen molar-refractivity contribution < 1.29 is 23.1 Å². The van der Waals surface area contributed by atoms with Crippen molar-refractivity contribution in [3.63, 3.8) is 0 Å². The second-order valence-electron chi connectivity index (χ2n) is 6.02. The molecule has 0 aliphatic carbocycles. The average Bonchev–Trinajstić information content (AvgIpc) is 2.55. The zero-order valence-electron chi connectivity index (χ0n) is 13.7. The third kappa shape index (κ3) is 3.93. The third-order valence-corrected chi connectivity index (χ3v) is 6.17. The lowest BCUT2D eigenvalue weighted by Crippen LogP contribution is -2.42. The van der Waals surface area contributed by atoms with Gasteiger partial charge in [0.1, 0.15) is 6.04 Å². The molecule has 7 nitrogen and oxygen atoms in total. The number of piperidine rings is 1. The van der Waals surface area contributed by atoms with Crippen molar-refractivity contribution in [1.29, 1.82) is 0 Å². The minimum Gasteiger partial charge on any atom is -0.480 e. The molecule has 1 aromatic carbocycles. The zero-order chi connectivity index (χ0) is 17.9. The number of carbonyl (C=O) groups excluding carboxylic acids is 1. The molecule has 1 aromatic rings. The van der Waals surface area contributed by atoms with Crippen LogP contribution in [0.4, 0.5) is 0 Å². The van der Waals surface area contributed by atoms with Crippen LogP contribution in [-0.4, -0.2) is 48.3 Å². The molecule has 0 saturated carbocycles. The van der Waals surface area contributed by atoms with Crippen LogP contribution in [-0.2, 0) is 14.8 Å². The number of carboxylic acids is 1. The van der Waals surface area contributed by atoms with Crippen molar-refractivity contribution in [2.45, 2.75) is 50.1 Å². The van der Waals surface area contributed by atoms with Gasteiger partial charge in [-0.05, 0) is 44.9 Å². The normalized spacial score (nSPS) is 20.3. The van der Waals surface area contributed by atoms with Gasteiger partial charge in [-0.1, -0.05) is 12.5 Å². The Bertz CT molecular complexity index is 732. The molecule has 1 aliphatic heterocycles. The second-order valence-corrected chi connectivity index (χ2v) is 7.91. The Balaban J connectivity index is 2.26. The number of nitrogens with one attached hydrogen (secondary N) is 1. The van der Waals surface area contributed by atoms with Crippen LogP contribution in [0.15, 0.2) is 29.2 Å². The maximum absolute atomic E-state index is 12.8. The first kappa shape index (κ1) is 18.4. The van der Waals surface area contributed by atoms with Gasteiger partial charge in [-0.25, -0.2) is 8.42 Å². The Kier molecular flexibility index (Phi) is 5.61. The molecule has 0 spiro atoms. The van der Waals surface area contributed by atoms with Gasteiger partial charge in [0.15, 0.2) is 0 Å². The van der Waals surface area contributed by atoms with Crippen LogP contribution in [0, 0.1) is 0 Å². The van der Waals surface area contributed by atoms with E-state index in [9.17, 15) is 18.0 Å². The molecular weight excluding hydrogens is 332 g/mol. The van der Waals surface area contributed by atoms with Gasteiger partial charge < -0.3 is 10.4 Å². The van der Waals surface area contributed by atoms with Crippen LogP contribution in [0.1, 0.15) is 43.5 Å². The molecule has 1 amide bonds. The minimum atomic E-state index is -3.68. The summed E-state index contributed by atoms with van der Waals surface area (Å²) in [5, 5.41) is 11.2. The molecule has 2 rings (SSSR count). The predicted octanol–water partition coefficient (Wildman–Crippen LogP) is 1.45. The smallest absolute Gasteiger partial charge is 0.325 e. The highest BCUT2D eigenvalue weighted by molar-refractivity contribution is 7.89. The molecule has 24 heavy (non-hydrogen) atoms. The summed E-state index contributed by atoms with van der Waals surface area (Å²) >= 11 is 0. The fourth-order valence-electron chi connectivity index (χ4n) is 2.70. The first-order valence-corrected chi connectivity index (χ1v) is 9.33. The van der Waals surface area contributed by atoms with Crippen molar-refractivity contribution in [1.82, 2.24) is 9.62 Å². The highest BCUT2D eigenvalue weighted by atomic mass is 32.2. The maximum Gasteiger partial charge on any atom is 0.325 e. The summed E-state index contributed by atoms with van der Waals surface area (Å²) < 4.78 is 27.1. The van der Waals surface area contributed by atoms with Gasteiger partial charge >= 0.3 is 5.97 Å². The van der Waals surface area contributed by atoms with E-state index in [2.05, 4.69) is 5.32 Å². The van der Waals surface area contributed by atoms with Crippen LogP contribution in [0.2, 0.25) is 0 Å². The van der Waals surface area contributed by atoms with Crippen LogP contribution in [0.3, 0.4) is 0 Å². The standard InChI is InChI=1S/C16H22N2O5S/c1-11-6-3-4-9-18(11)24(22,23)14-8-5-7-13(10-14)15(19)17-12(2)16(20)21/h5,7-8,10-12H,3-4,6,9H2,1-2H3,(H,17,19)(H,20,21)/t11?,12-/m1/s1. The monoisotopic (exact) mass is 354 g/mol. The quantitative estimate of drug-likeness (QED) is 0.833. The van der Waals surface area contributed by atoms with Gasteiger partial charge in [-0.3, -0.25) is 9.59 Å². The highest BCUT2D eigenvalue weighted by Gasteiger charge is 2.31. The Labute approximate surface area is 141 Å². The van der Waals surface area contributed by atoms with Crippen LogP contribution < -0.4 is 5.32 Å². The van der Waals surface area contributed by atoms with E-state index in [4.69, 9.17) is 5.11 Å². The molecule has 1 saturated heterocycles. The molecule has 2 atom stereocenters. The molecule has 0 aromatic heterocycles. The van der Waals surface area contributed by atoms with Crippen molar-refractivity contribution in [3.8, 4) is 0 Å². The molecule has 0 bridgehead atoms. The number of hydrogen-bond donors (Lipinski definition) is 2. The molecule has 1 fully saturated rings. The summed E-state index contributed by atoms with van der Waals surface area (Å²) in [6.07, 6.45) is 2.64. The molecule has 1 heterocycles. The minimum absolute atomic E-state index is 0.0480.